The third-order valence-corrected chi connectivity index (χ3v) is 8.75. The zero-order valence-corrected chi connectivity index (χ0v) is 20.2. The molecular weight excluding hydrogens is 452 g/mol. The Balaban J connectivity index is 2.12. The van der Waals surface area contributed by atoms with Crippen LogP contribution in [0.25, 0.3) is 0 Å². The standard InChI is InChI=1S/C16H29BN3O7PS2/c1-9-6-20(15(22)19-14(9)21)13-5-11(25-8-29-30-16(3,4)17)12(27-13)7-26-28(23,24)10(2)18/h6,10-13H,5,7-8,17-18H2,1-4H3,(H,23,24)(H,19,21,22)/t10?,11-,12?,13-/m1/s1. The summed E-state index contributed by atoms with van der Waals surface area (Å²) in [5.74, 6) is -0.680. The molecule has 0 aromatic carbocycles. The molecular formula is C16H29BN3O7PS2. The quantitative estimate of drug-likeness (QED) is 0.144. The zero-order valence-electron chi connectivity index (χ0n) is 17.7. The highest BCUT2D eigenvalue weighted by molar-refractivity contribution is 8.77. The van der Waals surface area contributed by atoms with E-state index in [1.54, 1.807) is 28.5 Å². The molecule has 1 aromatic rings. The van der Waals surface area contributed by atoms with Crippen LogP contribution in [-0.4, -0.2) is 57.5 Å². The summed E-state index contributed by atoms with van der Waals surface area (Å²) in [5.41, 5.74) is 4.80. The lowest BCUT2D eigenvalue weighted by atomic mass is 9.91. The van der Waals surface area contributed by atoms with Gasteiger partial charge in [0.1, 0.15) is 31.9 Å². The molecule has 2 heterocycles. The molecule has 14 heteroatoms. The number of rotatable bonds is 10. The van der Waals surface area contributed by atoms with Crippen LogP contribution in [0.1, 0.15) is 39.0 Å². The van der Waals surface area contributed by atoms with Gasteiger partial charge in [-0.1, -0.05) is 35.4 Å². The fourth-order valence-electron chi connectivity index (χ4n) is 2.61. The molecule has 1 aliphatic rings. The molecule has 1 aliphatic heterocycles. The molecule has 1 aromatic heterocycles. The van der Waals surface area contributed by atoms with Crippen LogP contribution in [0.3, 0.4) is 0 Å². The average Bonchev–Trinajstić information content (AvgIpc) is 3.02. The van der Waals surface area contributed by atoms with Crippen LogP contribution in [0.5, 0.6) is 0 Å². The highest BCUT2D eigenvalue weighted by Gasteiger charge is 2.39. The maximum Gasteiger partial charge on any atom is 0.344 e. The van der Waals surface area contributed by atoms with E-state index in [2.05, 4.69) is 26.7 Å². The number of nitrogens with zero attached hydrogens (tertiary/aromatic N) is 1. The van der Waals surface area contributed by atoms with Gasteiger partial charge in [0, 0.05) is 18.2 Å². The molecule has 0 amide bonds. The molecule has 4 N–H and O–H groups in total. The van der Waals surface area contributed by atoms with Gasteiger partial charge in [0.2, 0.25) is 0 Å². The maximum atomic E-state index is 12.2. The Morgan fingerprint density at radius 2 is 2.20 bits per heavy atom. The van der Waals surface area contributed by atoms with E-state index in [0.29, 0.717) is 17.9 Å². The van der Waals surface area contributed by atoms with Crippen molar-refractivity contribution in [1.29, 1.82) is 0 Å². The topological polar surface area (TPSA) is 146 Å². The average molecular weight is 481 g/mol. The van der Waals surface area contributed by atoms with Crippen molar-refractivity contribution in [2.45, 2.75) is 63.0 Å². The van der Waals surface area contributed by atoms with Crippen LogP contribution in [0.4, 0.5) is 0 Å². The number of H-pyrrole nitrogens is 1. The lowest BCUT2D eigenvalue weighted by Crippen LogP contribution is -2.33. The van der Waals surface area contributed by atoms with E-state index in [4.69, 9.17) is 19.7 Å². The Labute approximate surface area is 184 Å². The number of hydrogen-bond donors (Lipinski definition) is 3. The third-order valence-electron chi connectivity index (χ3n) is 4.21. The molecule has 1 saturated heterocycles. The second kappa shape index (κ2) is 10.4. The molecule has 0 saturated carbocycles. The fraction of sp³-hybridized carbons (Fsp3) is 0.750. The van der Waals surface area contributed by atoms with Gasteiger partial charge in [0.15, 0.2) is 0 Å². The van der Waals surface area contributed by atoms with Crippen LogP contribution in [-0.2, 0) is 18.6 Å². The smallest absolute Gasteiger partial charge is 0.344 e. The van der Waals surface area contributed by atoms with E-state index in [0.717, 1.165) is 0 Å². The Morgan fingerprint density at radius 3 is 2.80 bits per heavy atom. The van der Waals surface area contributed by atoms with E-state index in [1.165, 1.54) is 17.7 Å². The normalized spacial score (nSPS) is 25.2. The lowest BCUT2D eigenvalue weighted by Gasteiger charge is -2.22. The monoisotopic (exact) mass is 481 g/mol. The van der Waals surface area contributed by atoms with E-state index in [1.807, 2.05) is 0 Å². The second-order valence-corrected chi connectivity index (χ2v) is 13.4. The predicted molar refractivity (Wildman–Crippen MR) is 122 cm³/mol. The summed E-state index contributed by atoms with van der Waals surface area (Å²) in [4.78, 5) is 35.9. The Hall–Kier alpha value is -0.525. The van der Waals surface area contributed by atoms with Crippen LogP contribution in [0, 0.1) is 6.92 Å². The zero-order chi connectivity index (χ0) is 22.7. The number of aromatic nitrogens is 2. The van der Waals surface area contributed by atoms with Gasteiger partial charge < -0.3 is 24.6 Å². The minimum absolute atomic E-state index is 0.0623. The summed E-state index contributed by atoms with van der Waals surface area (Å²) in [6.07, 6.45) is -0.132. The summed E-state index contributed by atoms with van der Waals surface area (Å²) in [7, 11) is 1.30. The van der Waals surface area contributed by atoms with Gasteiger partial charge in [0.05, 0.1) is 12.7 Å². The maximum absolute atomic E-state index is 12.2. The van der Waals surface area contributed by atoms with Crippen molar-refractivity contribution in [3.05, 3.63) is 32.6 Å². The summed E-state index contributed by atoms with van der Waals surface area (Å²) >= 11 is 0. The molecule has 2 rings (SSSR count). The first-order valence-corrected chi connectivity index (χ1v) is 13.4. The first kappa shape index (κ1) is 25.7. The van der Waals surface area contributed by atoms with E-state index in [9.17, 15) is 19.0 Å². The Kier molecular flexibility index (Phi) is 8.92. The number of ether oxygens (including phenoxy) is 2. The summed E-state index contributed by atoms with van der Waals surface area (Å²) < 4.78 is 30.4. The van der Waals surface area contributed by atoms with Crippen molar-refractivity contribution in [1.82, 2.24) is 9.55 Å². The van der Waals surface area contributed by atoms with Crippen molar-refractivity contribution in [2.75, 3.05) is 12.5 Å². The summed E-state index contributed by atoms with van der Waals surface area (Å²) in [5, 5.41) is 0. The van der Waals surface area contributed by atoms with Crippen molar-refractivity contribution < 1.29 is 23.5 Å². The van der Waals surface area contributed by atoms with Gasteiger partial charge in [-0.3, -0.25) is 18.9 Å². The van der Waals surface area contributed by atoms with Gasteiger partial charge in [-0.05, 0) is 18.5 Å². The van der Waals surface area contributed by atoms with Crippen LogP contribution in [0.15, 0.2) is 15.8 Å². The Morgan fingerprint density at radius 1 is 1.53 bits per heavy atom. The second-order valence-electron chi connectivity index (χ2n) is 8.08. The van der Waals surface area contributed by atoms with Gasteiger partial charge in [-0.2, -0.15) is 0 Å². The first-order valence-electron chi connectivity index (χ1n) is 9.42. The van der Waals surface area contributed by atoms with Crippen LogP contribution in [0.2, 0.25) is 0 Å². The minimum Gasteiger partial charge on any atom is -0.364 e. The molecule has 30 heavy (non-hydrogen) atoms. The van der Waals surface area contributed by atoms with Gasteiger partial charge in [-0.25, -0.2) is 4.79 Å². The van der Waals surface area contributed by atoms with Crippen molar-refractivity contribution >= 4 is 37.0 Å². The largest absolute Gasteiger partial charge is 0.364 e. The number of aryl methyl sites for hydroxylation is 1. The highest BCUT2D eigenvalue weighted by Crippen LogP contribution is 2.46. The van der Waals surface area contributed by atoms with Gasteiger partial charge in [0.25, 0.3) is 5.56 Å². The molecule has 0 radical (unpaired) electrons. The molecule has 0 aliphatic carbocycles. The number of aromatic amines is 1. The predicted octanol–water partition coefficient (Wildman–Crippen LogP) is 0.733. The highest BCUT2D eigenvalue weighted by atomic mass is 33.1. The number of nitrogens with two attached hydrogens (primary N) is 1. The molecule has 0 bridgehead atoms. The fourth-order valence-corrected chi connectivity index (χ4v) is 5.21. The molecule has 1 fully saturated rings. The molecule has 5 atom stereocenters. The minimum atomic E-state index is -4.00. The van der Waals surface area contributed by atoms with Crippen LogP contribution < -0.4 is 17.0 Å². The SMILES string of the molecule is BC(C)(C)SSCO[C@@H]1C[C@H](n2cc(C)c(=O)[nH]c2=O)OC1COP(=O)(O)C(C)N. The summed E-state index contributed by atoms with van der Waals surface area (Å²) in [6.45, 7) is 6.94. The molecule has 10 nitrogen and oxygen atoms in total. The van der Waals surface area contributed by atoms with E-state index >= 15 is 0 Å². The molecule has 0 spiro atoms. The van der Waals surface area contributed by atoms with Crippen molar-refractivity contribution in [3.63, 3.8) is 0 Å². The number of hydrogen-bond acceptors (Lipinski definition) is 9. The third kappa shape index (κ3) is 7.27. The van der Waals surface area contributed by atoms with Crippen molar-refractivity contribution in [2.24, 2.45) is 5.73 Å². The van der Waals surface area contributed by atoms with Gasteiger partial charge >= 0.3 is 13.3 Å². The molecule has 170 valence electrons. The number of nitrogens with one attached hydrogen (secondary N) is 1. The van der Waals surface area contributed by atoms with Crippen LogP contribution >= 0.6 is 29.2 Å². The lowest BCUT2D eigenvalue weighted by molar-refractivity contribution is -0.0522. The first-order chi connectivity index (χ1) is 13.8. The van der Waals surface area contributed by atoms with Crippen molar-refractivity contribution in [3.8, 4) is 0 Å². The van der Waals surface area contributed by atoms with E-state index in [-0.39, 0.29) is 11.3 Å². The molecule has 3 unspecified atom stereocenters. The Bertz CT molecular complexity index is 889. The van der Waals surface area contributed by atoms with E-state index < -0.39 is 43.1 Å². The van der Waals surface area contributed by atoms with Gasteiger partial charge in [-0.15, -0.1) is 0 Å². The summed E-state index contributed by atoms with van der Waals surface area (Å²) in [6, 6.07) is 0.